The van der Waals surface area contributed by atoms with E-state index in [-0.39, 0.29) is 5.91 Å². The molecule has 1 rings (SSSR count). The van der Waals surface area contributed by atoms with E-state index in [1.807, 2.05) is 0 Å². The molecule has 1 amide bonds. The SMILES string of the molecule is CC(C)CCNC(=O)C(C)Oc1ccc(F)cc1[C@@H](C)O. The van der Waals surface area contributed by atoms with E-state index in [0.717, 1.165) is 6.42 Å². The number of carbonyl (C=O) groups excluding carboxylic acids is 1. The van der Waals surface area contributed by atoms with Crippen LogP contribution in [0.4, 0.5) is 4.39 Å². The topological polar surface area (TPSA) is 58.6 Å². The number of rotatable bonds is 7. The molecule has 0 bridgehead atoms. The standard InChI is InChI=1S/C16H24FNO3/c1-10(2)7-8-18-16(20)12(4)21-15-6-5-13(17)9-14(15)11(3)19/h5-6,9-12,19H,7-8H2,1-4H3,(H,18,20)/t11-,12?/m1/s1. The molecule has 1 unspecified atom stereocenters. The first kappa shape index (κ1) is 17.4. The Kier molecular flexibility index (Phi) is 6.62. The number of hydrogen-bond acceptors (Lipinski definition) is 3. The zero-order valence-electron chi connectivity index (χ0n) is 13.0. The molecule has 0 aromatic heterocycles. The summed E-state index contributed by atoms with van der Waals surface area (Å²) < 4.78 is 18.7. The van der Waals surface area contributed by atoms with Gasteiger partial charge in [-0.1, -0.05) is 13.8 Å². The first-order valence-electron chi connectivity index (χ1n) is 7.23. The van der Waals surface area contributed by atoms with Crippen molar-refractivity contribution in [1.82, 2.24) is 5.32 Å². The van der Waals surface area contributed by atoms with E-state index >= 15 is 0 Å². The largest absolute Gasteiger partial charge is 0.481 e. The van der Waals surface area contributed by atoms with Crippen LogP contribution in [0.2, 0.25) is 0 Å². The van der Waals surface area contributed by atoms with Crippen molar-refractivity contribution in [1.29, 1.82) is 0 Å². The molecule has 1 aromatic rings. The summed E-state index contributed by atoms with van der Waals surface area (Å²) in [5.74, 6) is 0.155. The van der Waals surface area contributed by atoms with Crippen LogP contribution in [0.3, 0.4) is 0 Å². The summed E-state index contributed by atoms with van der Waals surface area (Å²) in [5, 5.41) is 12.4. The first-order valence-corrected chi connectivity index (χ1v) is 7.23. The van der Waals surface area contributed by atoms with E-state index < -0.39 is 18.0 Å². The molecule has 0 spiro atoms. The van der Waals surface area contributed by atoms with Crippen molar-refractivity contribution in [2.24, 2.45) is 5.92 Å². The molecule has 1 aromatic carbocycles. The van der Waals surface area contributed by atoms with Crippen molar-refractivity contribution < 1.29 is 19.0 Å². The third-order valence-electron chi connectivity index (χ3n) is 3.12. The summed E-state index contributed by atoms with van der Waals surface area (Å²) in [7, 11) is 0. The maximum Gasteiger partial charge on any atom is 0.260 e. The van der Waals surface area contributed by atoms with Crippen LogP contribution in [0.15, 0.2) is 18.2 Å². The summed E-state index contributed by atoms with van der Waals surface area (Å²) in [5.41, 5.74) is 0.330. The van der Waals surface area contributed by atoms with Gasteiger partial charge in [0.05, 0.1) is 6.10 Å². The Hall–Kier alpha value is -1.62. The highest BCUT2D eigenvalue weighted by Gasteiger charge is 2.18. The lowest BCUT2D eigenvalue weighted by Gasteiger charge is -2.18. The molecule has 0 aliphatic carbocycles. The van der Waals surface area contributed by atoms with Gasteiger partial charge in [-0.25, -0.2) is 4.39 Å². The predicted molar refractivity (Wildman–Crippen MR) is 79.6 cm³/mol. The minimum absolute atomic E-state index is 0.225. The van der Waals surface area contributed by atoms with Crippen LogP contribution in [0.5, 0.6) is 5.75 Å². The average molecular weight is 297 g/mol. The van der Waals surface area contributed by atoms with Crippen LogP contribution < -0.4 is 10.1 Å². The van der Waals surface area contributed by atoms with Gasteiger partial charge in [0.1, 0.15) is 11.6 Å². The molecular formula is C16H24FNO3. The number of benzene rings is 1. The first-order chi connectivity index (χ1) is 9.81. The number of nitrogens with one attached hydrogen (secondary N) is 1. The predicted octanol–water partition coefficient (Wildman–Crippen LogP) is 2.81. The zero-order valence-corrected chi connectivity index (χ0v) is 13.0. The minimum atomic E-state index is -0.869. The number of aliphatic hydroxyl groups excluding tert-OH is 1. The van der Waals surface area contributed by atoms with Crippen molar-refractivity contribution in [2.75, 3.05) is 6.54 Å². The van der Waals surface area contributed by atoms with Crippen LogP contribution in [-0.4, -0.2) is 23.7 Å². The summed E-state index contributed by atoms with van der Waals surface area (Å²) in [6.45, 7) is 7.91. The van der Waals surface area contributed by atoms with Gasteiger partial charge in [0.2, 0.25) is 0 Å². The van der Waals surface area contributed by atoms with Crippen LogP contribution in [0.25, 0.3) is 0 Å². The van der Waals surface area contributed by atoms with Crippen molar-refractivity contribution in [2.45, 2.75) is 46.3 Å². The van der Waals surface area contributed by atoms with Crippen molar-refractivity contribution in [3.63, 3.8) is 0 Å². The molecule has 0 saturated heterocycles. The van der Waals surface area contributed by atoms with Gasteiger partial charge in [-0.2, -0.15) is 0 Å². The Morgan fingerprint density at radius 1 is 1.33 bits per heavy atom. The van der Waals surface area contributed by atoms with Crippen LogP contribution in [-0.2, 0) is 4.79 Å². The van der Waals surface area contributed by atoms with Gasteiger partial charge in [-0.05, 0) is 44.4 Å². The molecule has 0 aliphatic heterocycles. The van der Waals surface area contributed by atoms with Gasteiger partial charge in [0.15, 0.2) is 6.10 Å². The number of ether oxygens (including phenoxy) is 1. The fourth-order valence-corrected chi connectivity index (χ4v) is 1.82. The lowest BCUT2D eigenvalue weighted by atomic mass is 10.1. The number of hydrogen-bond donors (Lipinski definition) is 2. The summed E-state index contributed by atoms with van der Waals surface area (Å²) in [6.07, 6.45) is -0.680. The van der Waals surface area contributed by atoms with E-state index in [1.165, 1.54) is 25.1 Å². The molecule has 0 aliphatic rings. The third kappa shape index (κ3) is 5.71. The van der Waals surface area contributed by atoms with Crippen molar-refractivity contribution in [3.05, 3.63) is 29.6 Å². The molecular weight excluding hydrogens is 273 g/mol. The second kappa shape index (κ2) is 7.98. The van der Waals surface area contributed by atoms with Crippen LogP contribution in [0.1, 0.15) is 45.8 Å². The maximum absolute atomic E-state index is 13.2. The molecule has 0 radical (unpaired) electrons. The molecule has 0 fully saturated rings. The zero-order chi connectivity index (χ0) is 16.0. The number of aliphatic hydroxyl groups is 1. The number of halogens is 1. The van der Waals surface area contributed by atoms with Crippen molar-refractivity contribution in [3.8, 4) is 5.75 Å². The van der Waals surface area contributed by atoms with Gasteiger partial charge in [-0.15, -0.1) is 0 Å². The summed E-state index contributed by atoms with van der Waals surface area (Å²) in [6, 6.07) is 3.88. The maximum atomic E-state index is 13.2. The van der Waals surface area contributed by atoms with Gasteiger partial charge in [-0.3, -0.25) is 4.79 Å². The Bertz CT molecular complexity index is 475. The van der Waals surface area contributed by atoms with Gasteiger partial charge in [0.25, 0.3) is 5.91 Å². The monoisotopic (exact) mass is 297 g/mol. The number of carbonyl (C=O) groups is 1. The van der Waals surface area contributed by atoms with Crippen molar-refractivity contribution >= 4 is 5.91 Å². The fraction of sp³-hybridized carbons (Fsp3) is 0.562. The normalized spacial score (nSPS) is 13.9. The van der Waals surface area contributed by atoms with E-state index in [0.29, 0.717) is 23.8 Å². The second-order valence-corrected chi connectivity index (χ2v) is 5.59. The third-order valence-corrected chi connectivity index (χ3v) is 3.12. The van der Waals surface area contributed by atoms with E-state index in [2.05, 4.69) is 19.2 Å². The van der Waals surface area contributed by atoms with E-state index in [9.17, 15) is 14.3 Å². The molecule has 0 heterocycles. The summed E-state index contributed by atoms with van der Waals surface area (Å²) >= 11 is 0. The highest BCUT2D eigenvalue weighted by Crippen LogP contribution is 2.26. The minimum Gasteiger partial charge on any atom is -0.481 e. The second-order valence-electron chi connectivity index (χ2n) is 5.59. The highest BCUT2D eigenvalue weighted by atomic mass is 19.1. The Labute approximate surface area is 125 Å². The van der Waals surface area contributed by atoms with Gasteiger partial charge < -0.3 is 15.2 Å². The lowest BCUT2D eigenvalue weighted by Crippen LogP contribution is -2.37. The average Bonchev–Trinajstić information content (AvgIpc) is 2.39. The molecule has 2 N–H and O–H groups in total. The molecule has 5 heteroatoms. The van der Waals surface area contributed by atoms with E-state index in [1.54, 1.807) is 6.92 Å². The van der Waals surface area contributed by atoms with E-state index in [4.69, 9.17) is 4.74 Å². The number of amides is 1. The van der Waals surface area contributed by atoms with Gasteiger partial charge >= 0.3 is 0 Å². The molecule has 2 atom stereocenters. The van der Waals surface area contributed by atoms with Crippen LogP contribution in [0, 0.1) is 11.7 Å². The Morgan fingerprint density at radius 2 is 2.00 bits per heavy atom. The molecule has 21 heavy (non-hydrogen) atoms. The Morgan fingerprint density at radius 3 is 2.57 bits per heavy atom. The highest BCUT2D eigenvalue weighted by molar-refractivity contribution is 5.80. The van der Waals surface area contributed by atoms with Crippen LogP contribution >= 0.6 is 0 Å². The quantitative estimate of drug-likeness (QED) is 0.813. The molecule has 118 valence electrons. The summed E-state index contributed by atoms with van der Waals surface area (Å²) in [4.78, 5) is 11.9. The lowest BCUT2D eigenvalue weighted by molar-refractivity contribution is -0.127. The molecule has 0 saturated carbocycles. The smallest absolute Gasteiger partial charge is 0.260 e. The van der Waals surface area contributed by atoms with Gasteiger partial charge in [0, 0.05) is 12.1 Å². The molecule has 4 nitrogen and oxygen atoms in total. The fourth-order valence-electron chi connectivity index (χ4n) is 1.82. The Balaban J connectivity index is 2.65.